The van der Waals surface area contributed by atoms with E-state index in [0.717, 1.165) is 18.6 Å². The maximum absolute atomic E-state index is 3.77. The molecule has 3 aliphatic rings. The Bertz CT molecular complexity index is 155. The molecule has 3 rings (SSSR count). The van der Waals surface area contributed by atoms with E-state index in [1.165, 1.54) is 19.5 Å². The van der Waals surface area contributed by atoms with Gasteiger partial charge < -0.3 is 4.90 Å². The summed E-state index contributed by atoms with van der Waals surface area (Å²) < 4.78 is 0. The van der Waals surface area contributed by atoms with Crippen molar-refractivity contribution in [2.45, 2.75) is 18.5 Å². The van der Waals surface area contributed by atoms with Crippen LogP contribution in [0.15, 0.2) is 12.7 Å². The molecule has 11 heavy (non-hydrogen) atoms. The summed E-state index contributed by atoms with van der Waals surface area (Å²) in [6, 6.07) is 1.66. The molecule has 0 saturated carbocycles. The number of piperazine rings is 1. The van der Waals surface area contributed by atoms with Gasteiger partial charge in [-0.3, -0.25) is 4.90 Å². The van der Waals surface area contributed by atoms with Crippen molar-refractivity contribution in [3.63, 3.8) is 0 Å². The monoisotopic (exact) mass is 152 g/mol. The molecule has 0 aromatic rings. The van der Waals surface area contributed by atoms with E-state index in [1.807, 2.05) is 6.08 Å². The number of piperidine rings is 1. The molecule has 2 atom stereocenters. The minimum atomic E-state index is 0.830. The van der Waals surface area contributed by atoms with Crippen LogP contribution in [-0.2, 0) is 0 Å². The molecular formula is C9H16N2. The second kappa shape index (κ2) is 2.61. The van der Waals surface area contributed by atoms with E-state index >= 15 is 0 Å². The molecule has 3 aliphatic heterocycles. The fraction of sp³-hybridized carbons (Fsp3) is 0.778. The third-order valence-corrected chi connectivity index (χ3v) is 2.87. The van der Waals surface area contributed by atoms with Gasteiger partial charge in [0.1, 0.15) is 0 Å². The van der Waals surface area contributed by atoms with E-state index in [9.17, 15) is 0 Å². The second-order valence-electron chi connectivity index (χ2n) is 3.75. The highest BCUT2D eigenvalue weighted by Crippen LogP contribution is 2.30. The molecule has 3 heterocycles. The van der Waals surface area contributed by atoms with E-state index in [-0.39, 0.29) is 0 Å². The highest BCUT2D eigenvalue weighted by molar-refractivity contribution is 5.01. The van der Waals surface area contributed by atoms with E-state index in [2.05, 4.69) is 23.4 Å². The second-order valence-corrected chi connectivity index (χ2v) is 3.75. The minimum Gasteiger partial charge on any atom is -0.303 e. The molecule has 0 aromatic carbocycles. The predicted molar refractivity (Wildman–Crippen MR) is 46.6 cm³/mol. The van der Waals surface area contributed by atoms with Crippen molar-refractivity contribution < 1.29 is 0 Å². The summed E-state index contributed by atoms with van der Waals surface area (Å²) in [5.74, 6) is 0. The predicted octanol–water partition coefficient (Wildman–Crippen LogP) is 0.561. The van der Waals surface area contributed by atoms with Crippen LogP contribution in [0.5, 0.6) is 0 Å². The summed E-state index contributed by atoms with van der Waals surface area (Å²) in [5.41, 5.74) is 0. The van der Waals surface area contributed by atoms with Gasteiger partial charge in [0.2, 0.25) is 0 Å². The standard InChI is InChI=1S/C9H16N2/c1-3-4-11-8-5-9(11)7-10(2)6-8/h3,8-9H,1,4-7H2,2H3. The summed E-state index contributed by atoms with van der Waals surface area (Å²) in [6.45, 7) is 7.37. The van der Waals surface area contributed by atoms with Crippen LogP contribution in [0.1, 0.15) is 6.42 Å². The molecule has 2 unspecified atom stereocenters. The number of nitrogens with zero attached hydrogens (tertiary/aromatic N) is 2. The van der Waals surface area contributed by atoms with Gasteiger partial charge >= 0.3 is 0 Å². The molecular weight excluding hydrogens is 136 g/mol. The highest BCUT2D eigenvalue weighted by Gasteiger charge is 2.42. The molecule has 0 radical (unpaired) electrons. The summed E-state index contributed by atoms with van der Waals surface area (Å²) in [5, 5.41) is 0. The maximum atomic E-state index is 3.77. The molecule has 0 aromatic heterocycles. The van der Waals surface area contributed by atoms with Gasteiger partial charge in [0, 0.05) is 31.7 Å². The number of rotatable bonds is 2. The van der Waals surface area contributed by atoms with Crippen LogP contribution in [0.2, 0.25) is 0 Å². The number of likely N-dealkylation sites (N-methyl/N-ethyl adjacent to an activating group) is 1. The maximum Gasteiger partial charge on any atom is 0.0245 e. The van der Waals surface area contributed by atoms with Crippen molar-refractivity contribution in [3.05, 3.63) is 12.7 Å². The quantitative estimate of drug-likeness (QED) is 0.533. The smallest absolute Gasteiger partial charge is 0.0245 e. The van der Waals surface area contributed by atoms with Crippen molar-refractivity contribution in [2.75, 3.05) is 26.7 Å². The van der Waals surface area contributed by atoms with E-state index < -0.39 is 0 Å². The molecule has 2 bridgehead atoms. The Morgan fingerprint density at radius 1 is 1.45 bits per heavy atom. The molecule has 0 N–H and O–H groups in total. The van der Waals surface area contributed by atoms with Gasteiger partial charge in [0.15, 0.2) is 0 Å². The highest BCUT2D eigenvalue weighted by atomic mass is 15.3. The van der Waals surface area contributed by atoms with E-state index in [4.69, 9.17) is 0 Å². The average Bonchev–Trinajstić information content (AvgIpc) is 2.00. The van der Waals surface area contributed by atoms with Crippen LogP contribution >= 0.6 is 0 Å². The topological polar surface area (TPSA) is 6.48 Å². The van der Waals surface area contributed by atoms with Gasteiger partial charge in [-0.25, -0.2) is 0 Å². The summed E-state index contributed by atoms with van der Waals surface area (Å²) in [6.07, 6.45) is 3.43. The molecule has 3 fully saturated rings. The number of hydrogen-bond acceptors (Lipinski definition) is 2. The first-order chi connectivity index (χ1) is 5.31. The Morgan fingerprint density at radius 3 is 2.64 bits per heavy atom. The van der Waals surface area contributed by atoms with E-state index in [0.29, 0.717) is 0 Å². The third kappa shape index (κ3) is 1.10. The first-order valence-corrected chi connectivity index (χ1v) is 4.36. The fourth-order valence-electron chi connectivity index (χ4n) is 2.35. The Labute approximate surface area is 68.5 Å². The van der Waals surface area contributed by atoms with Gasteiger partial charge in [-0.05, 0) is 13.5 Å². The SMILES string of the molecule is C=CCN1C2CC1CN(C)C2. The molecule has 0 amide bonds. The Morgan fingerprint density at radius 2 is 2.09 bits per heavy atom. The molecule has 0 aliphatic carbocycles. The van der Waals surface area contributed by atoms with Crippen molar-refractivity contribution in [1.29, 1.82) is 0 Å². The van der Waals surface area contributed by atoms with Crippen molar-refractivity contribution in [2.24, 2.45) is 0 Å². The molecule has 2 heteroatoms. The first-order valence-electron chi connectivity index (χ1n) is 4.36. The molecule has 2 nitrogen and oxygen atoms in total. The fourth-order valence-corrected chi connectivity index (χ4v) is 2.35. The van der Waals surface area contributed by atoms with Crippen LogP contribution in [0.25, 0.3) is 0 Å². The van der Waals surface area contributed by atoms with E-state index in [1.54, 1.807) is 0 Å². The van der Waals surface area contributed by atoms with Gasteiger partial charge in [0.05, 0.1) is 0 Å². The Balaban J connectivity index is 1.93. The zero-order chi connectivity index (χ0) is 7.84. The molecule has 62 valence electrons. The van der Waals surface area contributed by atoms with Gasteiger partial charge in [-0.1, -0.05) is 6.08 Å². The molecule has 3 saturated heterocycles. The van der Waals surface area contributed by atoms with Crippen LogP contribution in [0.4, 0.5) is 0 Å². The normalized spacial score (nSPS) is 38.3. The average molecular weight is 152 g/mol. The van der Waals surface area contributed by atoms with Crippen LogP contribution in [-0.4, -0.2) is 48.6 Å². The third-order valence-electron chi connectivity index (χ3n) is 2.87. The lowest BCUT2D eigenvalue weighted by molar-refractivity contribution is -0.0522. The van der Waals surface area contributed by atoms with Crippen LogP contribution in [0.3, 0.4) is 0 Å². The first kappa shape index (κ1) is 7.32. The lowest BCUT2D eigenvalue weighted by Gasteiger charge is -2.55. The van der Waals surface area contributed by atoms with Crippen LogP contribution in [0, 0.1) is 0 Å². The Kier molecular flexibility index (Phi) is 1.74. The van der Waals surface area contributed by atoms with Crippen molar-refractivity contribution in [1.82, 2.24) is 9.80 Å². The summed E-state index contributed by atoms with van der Waals surface area (Å²) >= 11 is 0. The lowest BCUT2D eigenvalue weighted by atomic mass is 9.88. The lowest BCUT2D eigenvalue weighted by Crippen LogP contribution is -2.67. The number of hydrogen-bond donors (Lipinski definition) is 0. The van der Waals surface area contributed by atoms with Gasteiger partial charge in [0.25, 0.3) is 0 Å². The van der Waals surface area contributed by atoms with Crippen molar-refractivity contribution in [3.8, 4) is 0 Å². The largest absolute Gasteiger partial charge is 0.303 e. The summed E-state index contributed by atoms with van der Waals surface area (Å²) in [7, 11) is 2.21. The zero-order valence-corrected chi connectivity index (χ0v) is 7.16. The van der Waals surface area contributed by atoms with Crippen molar-refractivity contribution >= 4 is 0 Å². The summed E-state index contributed by atoms with van der Waals surface area (Å²) in [4.78, 5) is 4.99. The van der Waals surface area contributed by atoms with Crippen LogP contribution < -0.4 is 0 Å². The zero-order valence-electron chi connectivity index (χ0n) is 7.16. The molecule has 0 spiro atoms. The minimum absolute atomic E-state index is 0.830. The van der Waals surface area contributed by atoms with Gasteiger partial charge in [-0.2, -0.15) is 0 Å². The number of fused-ring (bicyclic) bond motifs is 2. The Hall–Kier alpha value is -0.340. The van der Waals surface area contributed by atoms with Gasteiger partial charge in [-0.15, -0.1) is 6.58 Å².